The summed E-state index contributed by atoms with van der Waals surface area (Å²) in [6, 6.07) is 6.56. The van der Waals surface area contributed by atoms with Crippen LogP contribution in [0.4, 0.5) is 11.5 Å². The van der Waals surface area contributed by atoms with Crippen LogP contribution in [0.1, 0.15) is 56.5 Å². The predicted octanol–water partition coefficient (Wildman–Crippen LogP) is 2.00. The maximum atomic E-state index is 13.7. The van der Waals surface area contributed by atoms with Crippen molar-refractivity contribution in [2.24, 2.45) is 0 Å². The minimum atomic E-state index is -5.41. The molecule has 1 fully saturated rings. The number of H-pyrrole nitrogens is 1. The van der Waals surface area contributed by atoms with Crippen molar-refractivity contribution in [1.82, 2.24) is 15.2 Å². The van der Waals surface area contributed by atoms with E-state index in [2.05, 4.69) is 26.7 Å². The van der Waals surface area contributed by atoms with E-state index in [1.807, 2.05) is 68.4 Å². The van der Waals surface area contributed by atoms with Crippen LogP contribution in [0.2, 0.25) is 10.0 Å². The molecule has 6 rings (SSSR count). The number of halogens is 2. The molecule has 3 aliphatic rings. The Balaban J connectivity index is 1.13. The second-order valence-electron chi connectivity index (χ2n) is 14.9. The Hall–Kier alpha value is -4.25. The maximum Gasteiger partial charge on any atom is 0.529 e. The number of anilines is 2. The van der Waals surface area contributed by atoms with E-state index in [1.54, 1.807) is 6.07 Å². The second kappa shape index (κ2) is 20.1. The van der Waals surface area contributed by atoms with E-state index in [9.17, 15) is 43.6 Å². The smallest absolute Gasteiger partial charge is 0.529 e. The van der Waals surface area contributed by atoms with E-state index in [4.69, 9.17) is 48.0 Å². The summed E-state index contributed by atoms with van der Waals surface area (Å²) in [5.74, 6) is 4.39. The van der Waals surface area contributed by atoms with Crippen molar-refractivity contribution < 1.29 is 67.0 Å². The van der Waals surface area contributed by atoms with Crippen LogP contribution < -0.4 is 40.7 Å². The topological polar surface area (TPSA) is 296 Å². The van der Waals surface area contributed by atoms with Gasteiger partial charge in [0.2, 0.25) is 20.1 Å². The third-order valence-electron chi connectivity index (χ3n) is 10.2. The first kappa shape index (κ1) is 49.2. The molecule has 0 radical (unpaired) electrons. The molecule has 3 heterocycles. The van der Waals surface area contributed by atoms with Crippen molar-refractivity contribution in [3.05, 3.63) is 108 Å². The molecule has 1 saturated heterocycles. The molecule has 64 heavy (non-hydrogen) atoms. The molecular weight excluding hydrogens is 940 g/mol. The number of amides is 1. The van der Waals surface area contributed by atoms with Gasteiger partial charge in [-0.2, -0.15) is 14.3 Å². The van der Waals surface area contributed by atoms with Crippen LogP contribution in [0.3, 0.4) is 0 Å². The largest absolute Gasteiger partial charge is 0.626 e. The summed E-state index contributed by atoms with van der Waals surface area (Å²) in [6.45, 7) is -0.847. The SMILES string of the molecule is CN(C)c1ccc2c(c1)OC1=CC(N(C)C)C=CC1=C2c1c(Cl)c(C(=O)NCCOCC#Cc2c[n+]([C@H]3CC[C@@H](COP(=O)(O)[P+]([O-])(O)[PH+]([O-])O)O3)c(=O)[nH]c2N)cc(Cl)c1C(=O)O. The molecule has 342 valence electrons. The van der Waals surface area contributed by atoms with Crippen molar-refractivity contribution in [1.29, 1.82) is 0 Å². The summed E-state index contributed by atoms with van der Waals surface area (Å²) in [5.41, 5.74) is 7.51. The first-order valence-corrected chi connectivity index (χ1v) is 26.1. The van der Waals surface area contributed by atoms with Gasteiger partial charge in [0.05, 0.1) is 40.5 Å². The third-order valence-corrected chi connectivity index (χ3v) is 20.3. The normalized spacial score (nSPS) is 20.2. The number of nitrogens with two attached hydrogens (primary N) is 1. The van der Waals surface area contributed by atoms with E-state index in [-0.39, 0.29) is 76.8 Å². The first-order chi connectivity index (χ1) is 30.1. The zero-order chi connectivity index (χ0) is 46.8. The Kier molecular flexibility index (Phi) is 15.4. The number of rotatable bonds is 15. The Morgan fingerprint density at radius 2 is 1.95 bits per heavy atom. The fourth-order valence-electron chi connectivity index (χ4n) is 6.84. The minimum absolute atomic E-state index is 0.0187. The zero-order valence-electron chi connectivity index (χ0n) is 34.5. The van der Waals surface area contributed by atoms with E-state index < -0.39 is 58.9 Å². The number of ether oxygens (including phenoxy) is 3. The van der Waals surface area contributed by atoms with Gasteiger partial charge in [-0.05, 0) is 44.8 Å². The molecule has 6 atom stereocenters. The minimum Gasteiger partial charge on any atom is -0.626 e. The average Bonchev–Trinajstić information content (AvgIpc) is 3.71. The molecule has 0 bridgehead atoms. The standard InChI is InChI=1S/C39H43Cl2N6O14P3/c1-45(2)22-7-10-25-29(16-22)61-30-17-23(46(3)4)8-11-26(30)32(25)34-33(38(49)50)28(40)18-27(35(34)41)37(48)43-13-15-58-14-5-6-21-19-47(39(51)44-36(21)42)31-12-9-24(60-31)20-59-63(54,55)64(56,57)62(52)53/h7-8,10-11,16-19,22,24,31,52,62H,9,12-15,20H2,1-4H3,(H6,42,43,44,48,49,50,51,54,55,56,57)/p+1/t22?,24-,31+/m0/s1. The molecular formula is C39H44Cl2N6O14P3+. The van der Waals surface area contributed by atoms with Crippen LogP contribution in [-0.2, 0) is 18.6 Å². The summed E-state index contributed by atoms with van der Waals surface area (Å²) in [4.78, 5) is 96.7. The average molecular weight is 985 g/mol. The highest BCUT2D eigenvalue weighted by Crippen LogP contribution is 2.92. The van der Waals surface area contributed by atoms with E-state index >= 15 is 0 Å². The number of hydrogen-bond acceptors (Lipinski definition) is 15. The first-order valence-electron chi connectivity index (χ1n) is 19.2. The molecule has 25 heteroatoms. The van der Waals surface area contributed by atoms with Gasteiger partial charge in [-0.3, -0.25) is 19.1 Å². The van der Waals surface area contributed by atoms with Gasteiger partial charge in [0, 0.05) is 67.1 Å². The fourth-order valence-corrected chi connectivity index (χ4v) is 12.0. The molecule has 1 amide bonds. The lowest BCUT2D eigenvalue weighted by molar-refractivity contribution is -0.773. The van der Waals surface area contributed by atoms with Crippen LogP contribution in [0.5, 0.6) is 5.75 Å². The van der Waals surface area contributed by atoms with Crippen LogP contribution in [-0.4, -0.2) is 108 Å². The molecule has 1 aliphatic carbocycles. The summed E-state index contributed by atoms with van der Waals surface area (Å²) < 4.78 is 35.6. The highest BCUT2D eigenvalue weighted by molar-refractivity contribution is 8.60. The summed E-state index contributed by atoms with van der Waals surface area (Å²) in [7, 11) is -7.48. The number of allylic oxidation sites excluding steroid dienone is 1. The van der Waals surface area contributed by atoms with E-state index in [0.717, 1.165) is 10.3 Å². The summed E-state index contributed by atoms with van der Waals surface area (Å²) >= 11 is 13.7. The number of benzene rings is 2. The van der Waals surface area contributed by atoms with Gasteiger partial charge in [-0.15, -0.1) is 0 Å². The molecule has 2 aromatic carbocycles. The number of nitrogen functional groups attached to an aromatic ring is 1. The fraction of sp³-hybridized carbons (Fsp3) is 0.333. The number of aromatic amines is 1. The number of likely N-dealkylation sites (N-methyl/N-ethyl adjacent to an activating group) is 1. The quantitative estimate of drug-likeness (QED) is 0.0496. The zero-order valence-corrected chi connectivity index (χ0v) is 38.8. The number of carbonyl (C=O) groups excluding carboxylic acids is 1. The number of aromatic nitrogens is 2. The number of carboxylic acids is 1. The summed E-state index contributed by atoms with van der Waals surface area (Å²) in [5, 5.41) is 12.8. The summed E-state index contributed by atoms with van der Waals surface area (Å²) in [6.07, 6.45) is 5.58. The number of nitrogens with one attached hydrogen (secondary N) is 2. The third kappa shape index (κ3) is 10.4. The lowest BCUT2D eigenvalue weighted by Gasteiger charge is -2.31. The highest BCUT2D eigenvalue weighted by Gasteiger charge is 2.58. The van der Waals surface area contributed by atoms with Crippen LogP contribution in [0, 0.1) is 11.8 Å². The Bertz CT molecular complexity index is 2630. The van der Waals surface area contributed by atoms with Crippen LogP contribution in [0.25, 0.3) is 5.57 Å². The lowest BCUT2D eigenvalue weighted by Crippen LogP contribution is -2.55. The van der Waals surface area contributed by atoms with Crippen LogP contribution >= 0.6 is 45.6 Å². The van der Waals surface area contributed by atoms with Gasteiger partial charge in [-0.25, -0.2) is 19.1 Å². The molecule has 0 saturated carbocycles. The van der Waals surface area contributed by atoms with E-state index in [1.165, 1.54) is 12.3 Å². The number of nitrogens with zero attached hydrogens (tertiary/aromatic N) is 3. The Labute approximate surface area is 377 Å². The molecule has 1 aromatic heterocycles. The van der Waals surface area contributed by atoms with Crippen molar-refractivity contribution in [3.8, 4) is 17.6 Å². The van der Waals surface area contributed by atoms with E-state index in [0.29, 0.717) is 28.2 Å². The lowest BCUT2D eigenvalue weighted by atomic mass is 9.84. The predicted molar refractivity (Wildman–Crippen MR) is 236 cm³/mol. The molecule has 4 unspecified atom stereocenters. The van der Waals surface area contributed by atoms with Crippen LogP contribution in [0.15, 0.2) is 64.8 Å². The van der Waals surface area contributed by atoms with Gasteiger partial charge in [0.15, 0.2) is 0 Å². The van der Waals surface area contributed by atoms with Gasteiger partial charge < -0.3 is 45.1 Å². The van der Waals surface area contributed by atoms with Crippen molar-refractivity contribution >= 4 is 74.6 Å². The molecule has 8 N–H and O–H groups in total. The number of carbonyl (C=O) groups is 2. The molecule has 20 nitrogen and oxygen atoms in total. The Morgan fingerprint density at radius 1 is 1.22 bits per heavy atom. The second-order valence-corrected chi connectivity index (χ2v) is 25.8. The molecule has 0 spiro atoms. The highest BCUT2D eigenvalue weighted by atomic mass is 35.5. The maximum absolute atomic E-state index is 13.7. The number of aromatic carboxylic acids is 1. The number of carboxylic acid groups (broad SMARTS) is 1. The van der Waals surface area contributed by atoms with Gasteiger partial charge in [0.25, 0.3) is 5.91 Å². The number of hydrogen-bond donors (Lipinski definition) is 7. The van der Waals surface area contributed by atoms with Crippen molar-refractivity contribution in [2.45, 2.75) is 31.2 Å². The van der Waals surface area contributed by atoms with Crippen molar-refractivity contribution in [3.63, 3.8) is 0 Å². The molecule has 2 aliphatic heterocycles. The number of fused-ring (bicyclic) bond motifs is 2. The van der Waals surface area contributed by atoms with Gasteiger partial charge in [-0.1, -0.05) is 47.2 Å². The molecule has 3 aromatic rings. The monoisotopic (exact) mass is 983 g/mol. The van der Waals surface area contributed by atoms with Crippen molar-refractivity contribution in [2.75, 3.05) is 65.2 Å². The van der Waals surface area contributed by atoms with Gasteiger partial charge in [0.1, 0.15) is 29.9 Å². The van der Waals surface area contributed by atoms with Gasteiger partial charge >= 0.3 is 26.0 Å². The Morgan fingerprint density at radius 3 is 2.62 bits per heavy atom.